The number of hydrogen-bond donors (Lipinski definition) is 0. The highest BCUT2D eigenvalue weighted by Crippen LogP contribution is 1.97. The van der Waals surface area contributed by atoms with E-state index in [1.54, 1.807) is 0 Å². The molecule has 0 saturated heterocycles. The Balaban J connectivity index is 3.14. The predicted molar refractivity (Wildman–Crippen MR) is 31.4 cm³/mol. The van der Waals surface area contributed by atoms with E-state index in [9.17, 15) is 0 Å². The minimum atomic E-state index is 0.250. The van der Waals surface area contributed by atoms with Gasteiger partial charge in [-0.1, -0.05) is 0 Å². The van der Waals surface area contributed by atoms with Gasteiger partial charge in [0.1, 0.15) is 11.6 Å². The third kappa shape index (κ3) is 0.758. The molecule has 1 heterocycles. The van der Waals surface area contributed by atoms with Gasteiger partial charge in [-0.05, 0) is 13.8 Å². The zero-order valence-electron chi connectivity index (χ0n) is 4.93. The van der Waals surface area contributed by atoms with Crippen LogP contribution < -0.4 is 5.79 Å². The second kappa shape index (κ2) is 1.65. The maximum atomic E-state index is 5.20. The second-order valence-corrected chi connectivity index (χ2v) is 1.69. The third-order valence-corrected chi connectivity index (χ3v) is 1.05. The minimum absolute atomic E-state index is 0.250. The number of nitrogens with zero attached hydrogens (tertiary/aromatic N) is 1. The van der Waals surface area contributed by atoms with Crippen LogP contribution in [0.25, 0.3) is 0 Å². The molecular formula is C5H6BNO. The van der Waals surface area contributed by atoms with E-state index in [0.717, 1.165) is 11.5 Å². The molecule has 1 aromatic heterocycles. The lowest BCUT2D eigenvalue weighted by Gasteiger charge is -1.77. The highest BCUT2D eigenvalue weighted by Gasteiger charge is 1.96. The summed E-state index contributed by atoms with van der Waals surface area (Å²) < 4.78 is 4.88. The van der Waals surface area contributed by atoms with Crippen molar-refractivity contribution in [3.05, 3.63) is 11.5 Å². The van der Waals surface area contributed by atoms with E-state index < -0.39 is 0 Å². The fraction of sp³-hybridized carbons (Fsp3) is 0.400. The molecule has 0 aliphatic heterocycles. The molecule has 0 bridgehead atoms. The van der Waals surface area contributed by atoms with Crippen molar-refractivity contribution in [1.29, 1.82) is 0 Å². The molecule has 0 saturated carbocycles. The van der Waals surface area contributed by atoms with Crippen LogP contribution in [0.3, 0.4) is 0 Å². The van der Waals surface area contributed by atoms with E-state index in [1.807, 2.05) is 13.8 Å². The van der Waals surface area contributed by atoms with Crippen LogP contribution in [0.4, 0.5) is 0 Å². The van der Waals surface area contributed by atoms with Gasteiger partial charge in [-0.2, -0.15) is 0 Å². The molecule has 0 atom stereocenters. The highest BCUT2D eigenvalue weighted by atomic mass is 16.3. The first-order valence-corrected chi connectivity index (χ1v) is 2.39. The summed E-state index contributed by atoms with van der Waals surface area (Å²) in [5, 5.41) is 0. The van der Waals surface area contributed by atoms with Crippen molar-refractivity contribution in [3.63, 3.8) is 0 Å². The molecule has 0 N–H and O–H groups in total. The van der Waals surface area contributed by atoms with Gasteiger partial charge in [0.2, 0.25) is 0 Å². The average molecular weight is 107 g/mol. The summed E-state index contributed by atoms with van der Waals surface area (Å²) >= 11 is 0. The molecule has 8 heavy (non-hydrogen) atoms. The number of rotatable bonds is 0. The second-order valence-electron chi connectivity index (χ2n) is 1.69. The Bertz CT molecular complexity index is 175. The SMILES string of the molecule is [B]c1nc(C)c(C)o1. The van der Waals surface area contributed by atoms with Gasteiger partial charge in [-0.15, -0.1) is 0 Å². The van der Waals surface area contributed by atoms with E-state index in [2.05, 4.69) is 4.98 Å². The van der Waals surface area contributed by atoms with Gasteiger partial charge < -0.3 is 4.42 Å². The lowest BCUT2D eigenvalue weighted by atomic mass is 10.2. The monoisotopic (exact) mass is 107 g/mol. The molecular weight excluding hydrogens is 101 g/mol. The van der Waals surface area contributed by atoms with Crippen molar-refractivity contribution in [1.82, 2.24) is 4.98 Å². The van der Waals surface area contributed by atoms with E-state index in [0.29, 0.717) is 0 Å². The Morgan fingerprint density at radius 2 is 2.12 bits per heavy atom. The molecule has 2 nitrogen and oxygen atoms in total. The Morgan fingerprint density at radius 1 is 1.50 bits per heavy atom. The summed E-state index contributed by atoms with van der Waals surface area (Å²) in [7, 11) is 5.20. The Labute approximate surface area is 49.3 Å². The first-order valence-electron chi connectivity index (χ1n) is 2.39. The summed E-state index contributed by atoms with van der Waals surface area (Å²) in [6.45, 7) is 3.69. The van der Waals surface area contributed by atoms with Crippen molar-refractivity contribution in [2.45, 2.75) is 13.8 Å². The van der Waals surface area contributed by atoms with Crippen LogP contribution in [0.5, 0.6) is 0 Å². The summed E-state index contributed by atoms with van der Waals surface area (Å²) in [6, 6.07) is 0. The highest BCUT2D eigenvalue weighted by molar-refractivity contribution is 6.28. The van der Waals surface area contributed by atoms with Crippen LogP contribution in [0.15, 0.2) is 4.42 Å². The summed E-state index contributed by atoms with van der Waals surface area (Å²) in [4.78, 5) is 3.82. The number of aromatic nitrogens is 1. The summed E-state index contributed by atoms with van der Waals surface area (Å²) in [5.74, 6) is 1.04. The van der Waals surface area contributed by atoms with Crippen LogP contribution in [-0.4, -0.2) is 12.8 Å². The van der Waals surface area contributed by atoms with Gasteiger partial charge in [0.15, 0.2) is 7.85 Å². The Hall–Kier alpha value is -0.725. The van der Waals surface area contributed by atoms with Crippen molar-refractivity contribution in [2.75, 3.05) is 0 Å². The maximum absolute atomic E-state index is 5.20. The maximum Gasteiger partial charge on any atom is 0.197 e. The quantitative estimate of drug-likeness (QED) is 0.439. The summed E-state index contributed by atoms with van der Waals surface area (Å²) in [5.41, 5.74) is 0.863. The minimum Gasteiger partial charge on any atom is -0.458 e. The van der Waals surface area contributed by atoms with E-state index in [1.165, 1.54) is 0 Å². The zero-order chi connectivity index (χ0) is 6.15. The van der Waals surface area contributed by atoms with Crippen LogP contribution in [0.2, 0.25) is 0 Å². The van der Waals surface area contributed by atoms with Gasteiger partial charge in [-0.25, -0.2) is 4.98 Å². The fourth-order valence-corrected chi connectivity index (χ4v) is 0.498. The zero-order valence-corrected chi connectivity index (χ0v) is 4.93. The number of oxazole rings is 1. The van der Waals surface area contributed by atoms with Gasteiger partial charge in [0, 0.05) is 0 Å². The molecule has 0 unspecified atom stereocenters. The molecule has 0 aliphatic carbocycles. The average Bonchev–Trinajstić information content (AvgIpc) is 1.85. The number of hydrogen-bond acceptors (Lipinski definition) is 2. The van der Waals surface area contributed by atoms with Gasteiger partial charge in [0.25, 0.3) is 0 Å². The first kappa shape index (κ1) is 5.41. The molecule has 0 fully saturated rings. The van der Waals surface area contributed by atoms with Gasteiger partial charge in [0.05, 0.1) is 5.69 Å². The van der Waals surface area contributed by atoms with Crippen LogP contribution in [0, 0.1) is 13.8 Å². The van der Waals surface area contributed by atoms with Gasteiger partial charge >= 0.3 is 0 Å². The Morgan fingerprint density at radius 3 is 2.25 bits per heavy atom. The summed E-state index contributed by atoms with van der Waals surface area (Å²) in [6.07, 6.45) is 0. The molecule has 2 radical (unpaired) electrons. The normalized spacial score (nSPS) is 9.75. The molecule has 1 aromatic rings. The number of aryl methyl sites for hydroxylation is 2. The first-order chi connectivity index (χ1) is 3.70. The Kier molecular flexibility index (Phi) is 1.12. The standard InChI is InChI=1S/C5H6BNO/c1-3-4(2)8-5(6)7-3/h1-2H3. The molecule has 3 heteroatoms. The van der Waals surface area contributed by atoms with E-state index >= 15 is 0 Å². The molecule has 0 amide bonds. The lowest BCUT2D eigenvalue weighted by Crippen LogP contribution is -2.00. The third-order valence-electron chi connectivity index (χ3n) is 1.05. The molecule has 0 aliphatic rings. The van der Waals surface area contributed by atoms with Crippen molar-refractivity contribution in [2.24, 2.45) is 0 Å². The van der Waals surface area contributed by atoms with Crippen molar-refractivity contribution >= 4 is 13.6 Å². The molecule has 0 aromatic carbocycles. The fourth-order valence-electron chi connectivity index (χ4n) is 0.498. The lowest BCUT2D eigenvalue weighted by molar-refractivity contribution is 0.559. The van der Waals surface area contributed by atoms with Gasteiger partial charge in [-0.3, -0.25) is 0 Å². The van der Waals surface area contributed by atoms with E-state index in [4.69, 9.17) is 12.3 Å². The smallest absolute Gasteiger partial charge is 0.197 e. The van der Waals surface area contributed by atoms with Crippen LogP contribution in [0.1, 0.15) is 11.5 Å². The topological polar surface area (TPSA) is 26.0 Å². The van der Waals surface area contributed by atoms with Crippen molar-refractivity contribution in [3.8, 4) is 0 Å². The molecule has 40 valence electrons. The van der Waals surface area contributed by atoms with Crippen LogP contribution >= 0.6 is 0 Å². The predicted octanol–water partition coefficient (Wildman–Crippen LogP) is 0.0852. The van der Waals surface area contributed by atoms with E-state index in [-0.39, 0.29) is 5.79 Å². The van der Waals surface area contributed by atoms with Crippen LogP contribution in [-0.2, 0) is 0 Å². The largest absolute Gasteiger partial charge is 0.458 e. The molecule has 1 rings (SSSR count). The molecule has 0 spiro atoms. The van der Waals surface area contributed by atoms with Crippen molar-refractivity contribution < 1.29 is 4.42 Å².